The summed E-state index contributed by atoms with van der Waals surface area (Å²) in [5.41, 5.74) is 2.78. The molecule has 1 saturated carbocycles. The van der Waals surface area contributed by atoms with Crippen LogP contribution in [0.4, 0.5) is 8.78 Å². The minimum Gasteiger partial charge on any atom is -0.387 e. The average molecular weight is 319 g/mol. The van der Waals surface area contributed by atoms with Crippen molar-refractivity contribution in [3.8, 4) is 0 Å². The van der Waals surface area contributed by atoms with Crippen LogP contribution in [0.2, 0.25) is 0 Å². The lowest BCUT2D eigenvalue weighted by Gasteiger charge is -2.29. The van der Waals surface area contributed by atoms with Crippen LogP contribution >= 0.6 is 0 Å². The Labute approximate surface area is 133 Å². The van der Waals surface area contributed by atoms with Crippen LogP contribution in [0.25, 0.3) is 0 Å². The van der Waals surface area contributed by atoms with Crippen LogP contribution in [0.1, 0.15) is 41.9 Å². The van der Waals surface area contributed by atoms with Crippen LogP contribution in [0.5, 0.6) is 0 Å². The zero-order chi connectivity index (χ0) is 16.0. The molecular formula is C17H19F2N3O. The second-order valence-corrected chi connectivity index (χ2v) is 6.45. The second kappa shape index (κ2) is 5.69. The largest absolute Gasteiger partial charge is 0.387 e. The lowest BCUT2D eigenvalue weighted by atomic mass is 10.1. The number of aliphatic hydroxyl groups excluding tert-OH is 1. The van der Waals surface area contributed by atoms with E-state index in [0.29, 0.717) is 24.7 Å². The molecule has 0 spiro atoms. The highest BCUT2D eigenvalue weighted by Crippen LogP contribution is 2.37. The van der Waals surface area contributed by atoms with Gasteiger partial charge < -0.3 is 9.67 Å². The van der Waals surface area contributed by atoms with Crippen LogP contribution < -0.4 is 0 Å². The summed E-state index contributed by atoms with van der Waals surface area (Å²) in [6, 6.07) is 4.18. The summed E-state index contributed by atoms with van der Waals surface area (Å²) in [4.78, 5) is 6.61. The van der Waals surface area contributed by atoms with E-state index in [0.717, 1.165) is 30.8 Å². The number of β-amino-alcohol motifs (C(OH)–C–C–N with tert-alkyl or cyclic N) is 1. The molecule has 2 aromatic rings. The molecule has 1 aromatic heterocycles. The molecule has 2 aliphatic rings. The molecule has 1 unspecified atom stereocenters. The van der Waals surface area contributed by atoms with E-state index in [4.69, 9.17) is 0 Å². The van der Waals surface area contributed by atoms with Gasteiger partial charge in [0.2, 0.25) is 0 Å². The average Bonchev–Trinajstić information content (AvgIpc) is 3.30. The maximum Gasteiger partial charge on any atom is 0.159 e. The van der Waals surface area contributed by atoms with Gasteiger partial charge in [-0.15, -0.1) is 0 Å². The van der Waals surface area contributed by atoms with Crippen molar-refractivity contribution >= 4 is 0 Å². The molecule has 1 N–H and O–H groups in total. The van der Waals surface area contributed by atoms with Gasteiger partial charge in [-0.25, -0.2) is 13.8 Å². The van der Waals surface area contributed by atoms with Gasteiger partial charge in [-0.05, 0) is 30.5 Å². The number of benzene rings is 1. The quantitative estimate of drug-likeness (QED) is 0.942. The monoisotopic (exact) mass is 319 g/mol. The number of halogens is 2. The van der Waals surface area contributed by atoms with Crippen molar-refractivity contribution in [1.82, 2.24) is 14.5 Å². The molecule has 1 aliphatic carbocycles. The lowest BCUT2D eigenvalue weighted by Crippen LogP contribution is -2.34. The van der Waals surface area contributed by atoms with Crippen molar-refractivity contribution in [2.45, 2.75) is 38.0 Å². The Bertz CT molecular complexity index is 727. The molecule has 0 radical (unpaired) electrons. The van der Waals surface area contributed by atoms with Gasteiger partial charge in [-0.2, -0.15) is 0 Å². The van der Waals surface area contributed by atoms with E-state index in [1.165, 1.54) is 24.6 Å². The third-order valence-corrected chi connectivity index (χ3v) is 4.72. The zero-order valence-corrected chi connectivity index (χ0v) is 12.8. The molecule has 0 saturated heterocycles. The van der Waals surface area contributed by atoms with E-state index in [1.54, 1.807) is 0 Å². The molecule has 1 aliphatic heterocycles. The van der Waals surface area contributed by atoms with E-state index in [-0.39, 0.29) is 0 Å². The summed E-state index contributed by atoms with van der Waals surface area (Å²) in [5.74, 6) is -1.82. The normalized spacial score (nSPS) is 19.6. The van der Waals surface area contributed by atoms with Gasteiger partial charge >= 0.3 is 0 Å². The zero-order valence-electron chi connectivity index (χ0n) is 12.8. The molecule has 2 heterocycles. The van der Waals surface area contributed by atoms with Crippen molar-refractivity contribution < 1.29 is 13.9 Å². The first-order valence-electron chi connectivity index (χ1n) is 8.02. The molecule has 122 valence electrons. The van der Waals surface area contributed by atoms with Crippen molar-refractivity contribution in [2.75, 3.05) is 13.1 Å². The Balaban J connectivity index is 1.44. The Kier molecular flexibility index (Phi) is 3.66. The number of nitrogens with zero attached hydrogens (tertiary/aromatic N) is 3. The number of hydrogen-bond acceptors (Lipinski definition) is 3. The maximum atomic E-state index is 13.3. The summed E-state index contributed by atoms with van der Waals surface area (Å²) < 4.78 is 28.6. The summed E-state index contributed by atoms with van der Waals surface area (Å²) in [6.45, 7) is 1.92. The molecule has 1 fully saturated rings. The fourth-order valence-electron chi connectivity index (χ4n) is 3.28. The van der Waals surface area contributed by atoms with Gasteiger partial charge in [0.25, 0.3) is 0 Å². The highest BCUT2D eigenvalue weighted by molar-refractivity contribution is 5.22. The Morgan fingerprint density at radius 3 is 2.83 bits per heavy atom. The van der Waals surface area contributed by atoms with Crippen molar-refractivity contribution in [2.24, 2.45) is 0 Å². The van der Waals surface area contributed by atoms with Crippen molar-refractivity contribution in [3.05, 3.63) is 53.1 Å². The predicted molar refractivity (Wildman–Crippen MR) is 80.8 cm³/mol. The first-order chi connectivity index (χ1) is 11.1. The Morgan fingerprint density at radius 1 is 1.26 bits per heavy atom. The first kappa shape index (κ1) is 14.8. The van der Waals surface area contributed by atoms with Gasteiger partial charge in [-0.3, -0.25) is 4.90 Å². The number of aromatic nitrogens is 2. The fourth-order valence-corrected chi connectivity index (χ4v) is 3.28. The van der Waals surface area contributed by atoms with Crippen LogP contribution in [0.3, 0.4) is 0 Å². The van der Waals surface area contributed by atoms with Crippen LogP contribution in [0, 0.1) is 11.6 Å². The number of imidazole rings is 1. The molecule has 4 rings (SSSR count). The van der Waals surface area contributed by atoms with Crippen molar-refractivity contribution in [3.63, 3.8) is 0 Å². The smallest absolute Gasteiger partial charge is 0.159 e. The number of rotatable bonds is 4. The third kappa shape index (κ3) is 2.88. The molecular weight excluding hydrogens is 300 g/mol. The molecule has 0 bridgehead atoms. The first-order valence-corrected chi connectivity index (χ1v) is 8.02. The minimum absolute atomic E-state index is 0.390. The van der Waals surface area contributed by atoms with E-state index in [2.05, 4.69) is 14.5 Å². The van der Waals surface area contributed by atoms with Gasteiger partial charge in [-0.1, -0.05) is 6.07 Å². The number of fused-ring (bicyclic) bond motifs is 1. The van der Waals surface area contributed by atoms with Gasteiger partial charge in [0.15, 0.2) is 11.6 Å². The standard InChI is InChI=1S/C17H19F2N3O/c18-13-4-1-11(7-14(13)19)17(23)9-21-6-5-16-15(8-21)20-10-22(16)12-2-3-12/h1,4,7,10,12,17,23H,2-3,5-6,8-9H2. The predicted octanol–water partition coefficient (Wildman–Crippen LogP) is 2.59. The molecule has 1 aromatic carbocycles. The summed E-state index contributed by atoms with van der Waals surface area (Å²) >= 11 is 0. The van der Waals surface area contributed by atoms with Gasteiger partial charge in [0, 0.05) is 37.8 Å². The highest BCUT2D eigenvalue weighted by atomic mass is 19.2. The van der Waals surface area contributed by atoms with E-state index < -0.39 is 17.7 Å². The SMILES string of the molecule is OC(CN1CCc2c(ncn2C2CC2)C1)c1ccc(F)c(F)c1. The summed E-state index contributed by atoms with van der Waals surface area (Å²) in [5, 5.41) is 10.3. The van der Waals surface area contributed by atoms with Crippen LogP contribution in [-0.2, 0) is 13.0 Å². The number of hydrogen-bond donors (Lipinski definition) is 1. The molecule has 0 amide bonds. The molecule has 4 nitrogen and oxygen atoms in total. The molecule has 1 atom stereocenters. The van der Waals surface area contributed by atoms with Gasteiger partial charge in [0.05, 0.1) is 18.1 Å². The maximum absolute atomic E-state index is 13.3. The summed E-state index contributed by atoms with van der Waals surface area (Å²) in [6.07, 6.45) is 4.48. The van der Waals surface area contributed by atoms with E-state index in [1.807, 2.05) is 6.33 Å². The van der Waals surface area contributed by atoms with Crippen LogP contribution in [-0.4, -0.2) is 32.6 Å². The van der Waals surface area contributed by atoms with Crippen LogP contribution in [0.15, 0.2) is 24.5 Å². The summed E-state index contributed by atoms with van der Waals surface area (Å²) in [7, 11) is 0. The third-order valence-electron chi connectivity index (χ3n) is 4.72. The lowest BCUT2D eigenvalue weighted by molar-refractivity contribution is 0.104. The van der Waals surface area contributed by atoms with Crippen molar-refractivity contribution in [1.29, 1.82) is 0 Å². The molecule has 6 heteroatoms. The second-order valence-electron chi connectivity index (χ2n) is 6.45. The van der Waals surface area contributed by atoms with Gasteiger partial charge in [0.1, 0.15) is 0 Å². The fraction of sp³-hybridized carbons (Fsp3) is 0.471. The minimum atomic E-state index is -0.925. The topological polar surface area (TPSA) is 41.3 Å². The highest BCUT2D eigenvalue weighted by Gasteiger charge is 2.30. The number of aliphatic hydroxyl groups is 1. The Hall–Kier alpha value is -1.79. The molecule has 23 heavy (non-hydrogen) atoms. The van der Waals surface area contributed by atoms with E-state index in [9.17, 15) is 13.9 Å². The van der Waals surface area contributed by atoms with E-state index >= 15 is 0 Å². The Morgan fingerprint density at radius 2 is 2.09 bits per heavy atom.